The predicted octanol–water partition coefficient (Wildman–Crippen LogP) is 2.49. The minimum atomic E-state index is 0.467. The number of oxazole rings is 1. The number of nitrogens with zero attached hydrogens (tertiary/aromatic N) is 2. The van der Waals surface area contributed by atoms with Crippen LogP contribution in [0.25, 0.3) is 0 Å². The summed E-state index contributed by atoms with van der Waals surface area (Å²) in [6.45, 7) is 8.18. The van der Waals surface area contributed by atoms with E-state index in [4.69, 9.17) is 4.42 Å². The molecule has 1 aromatic rings. The second-order valence-electron chi connectivity index (χ2n) is 4.57. The van der Waals surface area contributed by atoms with Gasteiger partial charge in [0, 0.05) is 13.1 Å². The van der Waals surface area contributed by atoms with Gasteiger partial charge in [-0.3, -0.25) is 0 Å². The zero-order valence-corrected chi connectivity index (χ0v) is 13.8. The van der Waals surface area contributed by atoms with E-state index in [0.717, 1.165) is 36.9 Å². The number of nitrogens with one attached hydrogen (secondary N) is 2. The molecule has 6 heteroatoms. The fraction of sp³-hybridized carbons (Fsp3) is 0.714. The Bertz CT molecular complexity index is 398. The van der Waals surface area contributed by atoms with E-state index in [1.807, 2.05) is 25.6 Å². The van der Waals surface area contributed by atoms with Crippen molar-refractivity contribution in [1.29, 1.82) is 0 Å². The number of thioether (sulfide) groups is 1. The third kappa shape index (κ3) is 6.32. The van der Waals surface area contributed by atoms with Crippen molar-refractivity contribution in [3.8, 4) is 0 Å². The highest BCUT2D eigenvalue weighted by Crippen LogP contribution is 2.08. The van der Waals surface area contributed by atoms with Gasteiger partial charge in [-0.25, -0.2) is 9.98 Å². The molecule has 5 nitrogen and oxygen atoms in total. The lowest BCUT2D eigenvalue weighted by Gasteiger charge is -2.10. The maximum absolute atomic E-state index is 5.52. The second kappa shape index (κ2) is 9.69. The number of hydrogen-bond acceptors (Lipinski definition) is 4. The Morgan fingerprint density at radius 1 is 1.30 bits per heavy atom. The standard InChI is InChI=1S/C14H26N4OS/c1-5-15-14(16-8-6-7-9-20-4)17-10-13-18-11(2)12(3)19-13/h5-10H2,1-4H3,(H2,15,16,17). The molecular weight excluding hydrogens is 272 g/mol. The fourth-order valence-electron chi connectivity index (χ4n) is 1.67. The van der Waals surface area contributed by atoms with Crippen LogP contribution in [-0.4, -0.2) is 36.0 Å². The van der Waals surface area contributed by atoms with Crippen LogP contribution >= 0.6 is 11.8 Å². The molecule has 0 radical (unpaired) electrons. The highest BCUT2D eigenvalue weighted by molar-refractivity contribution is 7.98. The maximum atomic E-state index is 5.52. The van der Waals surface area contributed by atoms with Crippen LogP contribution in [0, 0.1) is 13.8 Å². The lowest BCUT2D eigenvalue weighted by atomic mass is 10.3. The van der Waals surface area contributed by atoms with Gasteiger partial charge in [0.15, 0.2) is 5.96 Å². The van der Waals surface area contributed by atoms with Crippen LogP contribution in [0.4, 0.5) is 0 Å². The lowest BCUT2D eigenvalue weighted by molar-refractivity contribution is 0.472. The van der Waals surface area contributed by atoms with E-state index in [2.05, 4.69) is 33.8 Å². The van der Waals surface area contributed by atoms with Crippen LogP contribution in [0.15, 0.2) is 9.41 Å². The van der Waals surface area contributed by atoms with Gasteiger partial charge in [-0.2, -0.15) is 11.8 Å². The first kappa shape index (κ1) is 16.9. The van der Waals surface area contributed by atoms with E-state index in [0.29, 0.717) is 12.4 Å². The molecule has 0 atom stereocenters. The molecule has 0 saturated heterocycles. The molecule has 0 aromatic carbocycles. The topological polar surface area (TPSA) is 62.5 Å². The van der Waals surface area contributed by atoms with Crippen molar-refractivity contribution in [2.45, 2.75) is 40.2 Å². The van der Waals surface area contributed by atoms with E-state index >= 15 is 0 Å². The molecule has 0 amide bonds. The summed E-state index contributed by atoms with van der Waals surface area (Å²) >= 11 is 1.89. The number of guanidine groups is 1. The van der Waals surface area contributed by atoms with Gasteiger partial charge in [-0.05, 0) is 45.6 Å². The Kier molecular flexibility index (Phi) is 8.18. The molecule has 1 aromatic heterocycles. The molecule has 114 valence electrons. The Morgan fingerprint density at radius 2 is 2.10 bits per heavy atom. The molecule has 0 spiro atoms. The average Bonchev–Trinajstić information content (AvgIpc) is 2.75. The Balaban J connectivity index is 2.41. The molecule has 0 aliphatic carbocycles. The largest absolute Gasteiger partial charge is 0.444 e. The molecule has 0 fully saturated rings. The first-order chi connectivity index (χ1) is 9.67. The van der Waals surface area contributed by atoms with Gasteiger partial charge >= 0.3 is 0 Å². The summed E-state index contributed by atoms with van der Waals surface area (Å²) < 4.78 is 5.52. The molecule has 0 unspecified atom stereocenters. The van der Waals surface area contributed by atoms with Crippen molar-refractivity contribution >= 4 is 17.7 Å². The van der Waals surface area contributed by atoms with Crippen LogP contribution in [-0.2, 0) is 6.54 Å². The van der Waals surface area contributed by atoms with E-state index in [9.17, 15) is 0 Å². The van der Waals surface area contributed by atoms with Crippen molar-refractivity contribution in [3.63, 3.8) is 0 Å². The van der Waals surface area contributed by atoms with Crippen LogP contribution in [0.3, 0.4) is 0 Å². The molecule has 2 N–H and O–H groups in total. The molecule has 0 aliphatic rings. The van der Waals surface area contributed by atoms with Gasteiger partial charge in [0.1, 0.15) is 12.3 Å². The third-order valence-electron chi connectivity index (χ3n) is 2.86. The molecule has 0 aliphatic heterocycles. The molecule has 0 bridgehead atoms. The van der Waals surface area contributed by atoms with Crippen LogP contribution < -0.4 is 10.6 Å². The summed E-state index contributed by atoms with van der Waals surface area (Å²) in [6.07, 6.45) is 4.52. The lowest BCUT2D eigenvalue weighted by Crippen LogP contribution is -2.37. The van der Waals surface area contributed by atoms with E-state index in [1.54, 1.807) is 0 Å². The number of hydrogen-bond donors (Lipinski definition) is 2. The number of aromatic nitrogens is 1. The van der Waals surface area contributed by atoms with Crippen molar-refractivity contribution in [2.75, 3.05) is 25.1 Å². The minimum Gasteiger partial charge on any atom is -0.444 e. The number of unbranched alkanes of at least 4 members (excludes halogenated alkanes) is 1. The van der Waals surface area contributed by atoms with Gasteiger partial charge in [-0.15, -0.1) is 0 Å². The van der Waals surface area contributed by atoms with E-state index in [1.165, 1.54) is 12.2 Å². The Morgan fingerprint density at radius 3 is 2.70 bits per heavy atom. The highest BCUT2D eigenvalue weighted by atomic mass is 32.2. The molecular formula is C14H26N4OS. The zero-order valence-electron chi connectivity index (χ0n) is 13.0. The first-order valence-electron chi connectivity index (χ1n) is 7.11. The van der Waals surface area contributed by atoms with Gasteiger partial charge < -0.3 is 15.1 Å². The van der Waals surface area contributed by atoms with Crippen LogP contribution in [0.2, 0.25) is 0 Å². The Hall–Kier alpha value is -1.17. The van der Waals surface area contributed by atoms with Crippen molar-refractivity contribution in [3.05, 3.63) is 17.3 Å². The van der Waals surface area contributed by atoms with Crippen molar-refractivity contribution in [1.82, 2.24) is 15.6 Å². The minimum absolute atomic E-state index is 0.467. The number of aryl methyl sites for hydroxylation is 2. The second-order valence-corrected chi connectivity index (χ2v) is 5.56. The summed E-state index contributed by atoms with van der Waals surface area (Å²) in [5.74, 6) is 3.57. The maximum Gasteiger partial charge on any atom is 0.216 e. The van der Waals surface area contributed by atoms with Crippen molar-refractivity contribution < 1.29 is 4.42 Å². The Labute approximate surface area is 126 Å². The summed E-state index contributed by atoms with van der Waals surface area (Å²) in [6, 6.07) is 0. The van der Waals surface area contributed by atoms with Gasteiger partial charge in [-0.1, -0.05) is 0 Å². The first-order valence-corrected chi connectivity index (χ1v) is 8.50. The summed E-state index contributed by atoms with van der Waals surface area (Å²) in [7, 11) is 0. The van der Waals surface area contributed by atoms with Crippen LogP contribution in [0.1, 0.15) is 37.1 Å². The summed E-state index contributed by atoms with van der Waals surface area (Å²) in [5.41, 5.74) is 0.935. The summed E-state index contributed by atoms with van der Waals surface area (Å²) in [5, 5.41) is 6.56. The van der Waals surface area contributed by atoms with Gasteiger partial charge in [0.25, 0.3) is 0 Å². The highest BCUT2D eigenvalue weighted by Gasteiger charge is 2.05. The van der Waals surface area contributed by atoms with Gasteiger partial charge in [0.05, 0.1) is 5.69 Å². The van der Waals surface area contributed by atoms with E-state index in [-0.39, 0.29) is 0 Å². The normalized spacial score (nSPS) is 11.7. The molecule has 1 rings (SSSR count). The smallest absolute Gasteiger partial charge is 0.216 e. The molecule has 1 heterocycles. The number of rotatable bonds is 8. The van der Waals surface area contributed by atoms with Crippen LogP contribution in [0.5, 0.6) is 0 Å². The monoisotopic (exact) mass is 298 g/mol. The quantitative estimate of drug-likeness (QED) is 0.438. The SMILES string of the molecule is CCNC(=NCc1nc(C)c(C)o1)NCCCCSC. The van der Waals surface area contributed by atoms with Crippen molar-refractivity contribution in [2.24, 2.45) is 4.99 Å². The van der Waals surface area contributed by atoms with Gasteiger partial charge in [0.2, 0.25) is 5.89 Å². The van der Waals surface area contributed by atoms with E-state index < -0.39 is 0 Å². The summed E-state index contributed by atoms with van der Waals surface area (Å²) in [4.78, 5) is 8.82. The predicted molar refractivity (Wildman–Crippen MR) is 86.4 cm³/mol. The average molecular weight is 298 g/mol. The number of aliphatic imine (C=N–C) groups is 1. The zero-order chi connectivity index (χ0) is 14.8. The molecule has 20 heavy (non-hydrogen) atoms. The fourth-order valence-corrected chi connectivity index (χ4v) is 2.17. The third-order valence-corrected chi connectivity index (χ3v) is 3.55. The molecule has 0 saturated carbocycles.